The van der Waals surface area contributed by atoms with E-state index < -0.39 is 0 Å². The number of fused-ring (bicyclic) bond motifs is 1. The van der Waals surface area contributed by atoms with Gasteiger partial charge < -0.3 is 14.6 Å². The molecule has 166 valence electrons. The second kappa shape index (κ2) is 11.5. The van der Waals surface area contributed by atoms with E-state index in [0.717, 1.165) is 62.3 Å². The lowest BCUT2D eigenvalue weighted by Crippen LogP contribution is -2.20. The van der Waals surface area contributed by atoms with Crippen LogP contribution in [-0.2, 0) is 17.8 Å². The minimum absolute atomic E-state index is 0.0416. The van der Waals surface area contributed by atoms with Gasteiger partial charge in [-0.15, -0.1) is 0 Å². The van der Waals surface area contributed by atoms with Crippen LogP contribution in [-0.4, -0.2) is 28.6 Å². The summed E-state index contributed by atoms with van der Waals surface area (Å²) < 4.78 is 8.31. The number of nitrogens with one attached hydrogen (secondary N) is 1. The second-order valence-electron chi connectivity index (χ2n) is 8.39. The van der Waals surface area contributed by atoms with Crippen molar-refractivity contribution in [3.05, 3.63) is 59.9 Å². The highest BCUT2D eigenvalue weighted by Gasteiger charge is 2.10. The van der Waals surface area contributed by atoms with Gasteiger partial charge in [-0.2, -0.15) is 0 Å². The topological polar surface area (TPSA) is 56.2 Å². The van der Waals surface area contributed by atoms with Crippen molar-refractivity contribution in [2.45, 2.75) is 65.3 Å². The number of hydrogen-bond donors (Lipinski definition) is 1. The summed E-state index contributed by atoms with van der Waals surface area (Å²) in [4.78, 5) is 15.8. The third-order valence-corrected chi connectivity index (χ3v) is 5.53. The number of ether oxygens (including phenoxy) is 1. The lowest BCUT2D eigenvalue weighted by molar-refractivity contribution is -0.118. The van der Waals surface area contributed by atoms with Crippen LogP contribution in [0.2, 0.25) is 0 Å². The van der Waals surface area contributed by atoms with Crippen molar-refractivity contribution >= 4 is 16.9 Å². The number of unbranched alkanes of at least 4 members (excludes halogenated alkanes) is 2. The zero-order valence-corrected chi connectivity index (χ0v) is 19.1. The largest absolute Gasteiger partial charge is 0.494 e. The number of carbonyl (C=O) groups excluding carboxylic acids is 1. The maximum atomic E-state index is 11.0. The standard InChI is InChI=1S/C26H35N3O2/c1-20(2)22-13-15-23(16-14-22)31-19-9-18-29-25-11-7-6-10-24(25)28-26(29)12-5-4-8-17-27-21(3)30/h6-7,10-11,13-16,20H,4-5,8-9,12,17-19H2,1-3H3,(H,27,30). The molecule has 0 spiro atoms. The average molecular weight is 422 g/mol. The van der Waals surface area contributed by atoms with Gasteiger partial charge in [0.2, 0.25) is 5.91 Å². The minimum Gasteiger partial charge on any atom is -0.494 e. The van der Waals surface area contributed by atoms with Crippen LogP contribution >= 0.6 is 0 Å². The van der Waals surface area contributed by atoms with Gasteiger partial charge in [0.25, 0.3) is 0 Å². The third kappa shape index (κ3) is 6.84. The Bertz CT molecular complexity index is 960. The number of aromatic nitrogens is 2. The van der Waals surface area contributed by atoms with Gasteiger partial charge in [-0.3, -0.25) is 4.79 Å². The molecule has 31 heavy (non-hydrogen) atoms. The Balaban J connectivity index is 1.52. The smallest absolute Gasteiger partial charge is 0.216 e. The zero-order valence-electron chi connectivity index (χ0n) is 19.1. The Labute approximate surface area is 185 Å². The van der Waals surface area contributed by atoms with Crippen molar-refractivity contribution in [1.29, 1.82) is 0 Å². The van der Waals surface area contributed by atoms with Crippen molar-refractivity contribution in [2.75, 3.05) is 13.2 Å². The van der Waals surface area contributed by atoms with Gasteiger partial charge in [0.05, 0.1) is 17.6 Å². The number of imidazole rings is 1. The average Bonchev–Trinajstić information content (AvgIpc) is 3.11. The molecule has 0 atom stereocenters. The molecule has 0 radical (unpaired) electrons. The van der Waals surface area contributed by atoms with Gasteiger partial charge in [-0.1, -0.05) is 44.5 Å². The summed E-state index contributed by atoms with van der Waals surface area (Å²) >= 11 is 0. The molecule has 2 aromatic carbocycles. The fourth-order valence-corrected chi connectivity index (χ4v) is 3.78. The fourth-order valence-electron chi connectivity index (χ4n) is 3.78. The molecule has 3 rings (SSSR count). The summed E-state index contributed by atoms with van der Waals surface area (Å²) in [6, 6.07) is 16.8. The highest BCUT2D eigenvalue weighted by molar-refractivity contribution is 5.75. The molecule has 0 aliphatic carbocycles. The molecule has 0 fully saturated rings. The van der Waals surface area contributed by atoms with E-state index >= 15 is 0 Å². The normalized spacial score (nSPS) is 11.2. The van der Waals surface area contributed by atoms with Gasteiger partial charge >= 0.3 is 0 Å². The summed E-state index contributed by atoms with van der Waals surface area (Å²) in [6.07, 6.45) is 5.04. The molecule has 1 N–H and O–H groups in total. The van der Waals surface area contributed by atoms with Crippen LogP contribution in [0.25, 0.3) is 11.0 Å². The second-order valence-corrected chi connectivity index (χ2v) is 8.39. The van der Waals surface area contributed by atoms with E-state index in [0.29, 0.717) is 12.5 Å². The number of hydrogen-bond acceptors (Lipinski definition) is 3. The first-order valence-corrected chi connectivity index (χ1v) is 11.5. The fraction of sp³-hybridized carbons (Fsp3) is 0.462. The maximum Gasteiger partial charge on any atom is 0.216 e. The Kier molecular flexibility index (Phi) is 8.51. The van der Waals surface area contributed by atoms with Crippen LogP contribution < -0.4 is 10.1 Å². The number of carbonyl (C=O) groups is 1. The first-order chi connectivity index (χ1) is 15.0. The Morgan fingerprint density at radius 2 is 1.81 bits per heavy atom. The highest BCUT2D eigenvalue weighted by atomic mass is 16.5. The molecular weight excluding hydrogens is 386 g/mol. The van der Waals surface area contributed by atoms with Crippen LogP contribution in [0.4, 0.5) is 0 Å². The minimum atomic E-state index is 0.0416. The van der Waals surface area contributed by atoms with Crippen molar-refractivity contribution in [3.63, 3.8) is 0 Å². The van der Waals surface area contributed by atoms with E-state index in [1.165, 1.54) is 11.1 Å². The molecule has 1 aromatic heterocycles. The molecular formula is C26H35N3O2. The van der Waals surface area contributed by atoms with E-state index in [9.17, 15) is 4.79 Å². The number of amides is 1. The Morgan fingerprint density at radius 1 is 1.03 bits per heavy atom. The number of nitrogens with zero attached hydrogens (tertiary/aromatic N) is 2. The molecule has 5 nitrogen and oxygen atoms in total. The summed E-state index contributed by atoms with van der Waals surface area (Å²) in [7, 11) is 0. The molecule has 0 saturated carbocycles. The lowest BCUT2D eigenvalue weighted by atomic mass is 10.0. The molecule has 0 saturated heterocycles. The SMILES string of the molecule is CC(=O)NCCCCCc1nc2ccccc2n1CCCOc1ccc(C(C)C)cc1. The van der Waals surface area contributed by atoms with Crippen LogP contribution in [0.1, 0.15) is 63.8 Å². The number of rotatable bonds is 12. The quantitative estimate of drug-likeness (QED) is 0.394. The molecule has 5 heteroatoms. The van der Waals surface area contributed by atoms with Gasteiger partial charge in [0, 0.05) is 26.4 Å². The van der Waals surface area contributed by atoms with Crippen molar-refractivity contribution in [2.24, 2.45) is 0 Å². The number of para-hydroxylation sites is 2. The Morgan fingerprint density at radius 3 is 2.55 bits per heavy atom. The molecule has 1 heterocycles. The third-order valence-electron chi connectivity index (χ3n) is 5.53. The number of benzene rings is 2. The molecule has 1 amide bonds. The van der Waals surface area contributed by atoms with E-state index in [-0.39, 0.29) is 5.91 Å². The first-order valence-electron chi connectivity index (χ1n) is 11.5. The van der Waals surface area contributed by atoms with Crippen LogP contribution in [0.15, 0.2) is 48.5 Å². The summed E-state index contributed by atoms with van der Waals surface area (Å²) in [6.45, 7) is 8.29. The monoisotopic (exact) mass is 421 g/mol. The first kappa shape index (κ1) is 22.9. The predicted octanol–water partition coefficient (Wildman–Crippen LogP) is 5.48. The maximum absolute atomic E-state index is 11.0. The van der Waals surface area contributed by atoms with Crippen molar-refractivity contribution in [3.8, 4) is 5.75 Å². The zero-order chi connectivity index (χ0) is 22.1. The molecule has 0 aliphatic heterocycles. The van der Waals surface area contributed by atoms with Crippen LogP contribution in [0.3, 0.4) is 0 Å². The van der Waals surface area contributed by atoms with E-state index in [2.05, 4.69) is 66.2 Å². The molecule has 0 bridgehead atoms. The number of aryl methyl sites for hydroxylation is 2. The van der Waals surface area contributed by atoms with Gasteiger partial charge in [0.15, 0.2) is 0 Å². The van der Waals surface area contributed by atoms with Crippen LogP contribution in [0, 0.1) is 0 Å². The lowest BCUT2D eigenvalue weighted by Gasteiger charge is -2.11. The summed E-state index contributed by atoms with van der Waals surface area (Å²) in [5.74, 6) is 2.65. The van der Waals surface area contributed by atoms with Gasteiger partial charge in [0.1, 0.15) is 11.6 Å². The van der Waals surface area contributed by atoms with Gasteiger partial charge in [-0.25, -0.2) is 4.98 Å². The van der Waals surface area contributed by atoms with Crippen LogP contribution in [0.5, 0.6) is 5.75 Å². The highest BCUT2D eigenvalue weighted by Crippen LogP contribution is 2.20. The van der Waals surface area contributed by atoms with Gasteiger partial charge in [-0.05, 0) is 55.0 Å². The van der Waals surface area contributed by atoms with Crippen molar-refractivity contribution < 1.29 is 9.53 Å². The van der Waals surface area contributed by atoms with E-state index in [1.807, 2.05) is 6.07 Å². The summed E-state index contributed by atoms with van der Waals surface area (Å²) in [5, 5.41) is 2.86. The van der Waals surface area contributed by atoms with Crippen molar-refractivity contribution in [1.82, 2.24) is 14.9 Å². The van der Waals surface area contributed by atoms with E-state index in [4.69, 9.17) is 9.72 Å². The Hall–Kier alpha value is -2.82. The molecule has 0 unspecified atom stereocenters. The predicted molar refractivity (Wildman–Crippen MR) is 127 cm³/mol. The molecule has 3 aromatic rings. The van der Waals surface area contributed by atoms with E-state index in [1.54, 1.807) is 6.92 Å². The summed E-state index contributed by atoms with van der Waals surface area (Å²) in [5.41, 5.74) is 3.58. The molecule has 0 aliphatic rings.